The fraction of sp³-hybridized carbons (Fsp3) is 0.167. The van der Waals surface area contributed by atoms with Crippen molar-refractivity contribution in [3.63, 3.8) is 0 Å². The number of carbonyl (C=O) groups excluding carboxylic acids is 1. The Hall–Kier alpha value is -3.03. The minimum Gasteiger partial charge on any atom is -0.279 e. The number of nitrogens with zero attached hydrogens (tertiary/aromatic N) is 2. The molecule has 1 heterocycles. The highest BCUT2D eigenvalue weighted by molar-refractivity contribution is 7.90. The Bertz CT molecular complexity index is 1330. The number of rotatable bonds is 6. The van der Waals surface area contributed by atoms with Crippen LogP contribution in [0.1, 0.15) is 28.4 Å². The number of anilines is 1. The predicted molar refractivity (Wildman–Crippen MR) is 126 cm³/mol. The SMILES string of the molecule is CCc1cccc2sc(N(Cc3ccccc3)C(=O)c3ccc(S(C)(=O)=O)cc3)nc12. The minimum absolute atomic E-state index is 0.186. The summed E-state index contributed by atoms with van der Waals surface area (Å²) in [6.45, 7) is 2.46. The summed E-state index contributed by atoms with van der Waals surface area (Å²) in [6.07, 6.45) is 2.01. The van der Waals surface area contributed by atoms with Crippen LogP contribution >= 0.6 is 11.3 Å². The summed E-state index contributed by atoms with van der Waals surface area (Å²) in [7, 11) is -3.33. The van der Waals surface area contributed by atoms with Crippen molar-refractivity contribution in [2.75, 3.05) is 11.2 Å². The average Bonchev–Trinajstić information content (AvgIpc) is 3.21. The third kappa shape index (κ3) is 4.52. The molecule has 1 amide bonds. The van der Waals surface area contributed by atoms with E-state index in [0.717, 1.165) is 34.0 Å². The maximum Gasteiger partial charge on any atom is 0.260 e. The Morgan fingerprint density at radius 1 is 0.968 bits per heavy atom. The summed E-state index contributed by atoms with van der Waals surface area (Å²) >= 11 is 1.48. The largest absolute Gasteiger partial charge is 0.279 e. The van der Waals surface area contributed by atoms with Gasteiger partial charge in [-0.15, -0.1) is 0 Å². The van der Waals surface area contributed by atoms with Crippen molar-refractivity contribution >= 4 is 42.4 Å². The maximum absolute atomic E-state index is 13.5. The topological polar surface area (TPSA) is 67.3 Å². The molecule has 7 heteroatoms. The number of sulfone groups is 1. The zero-order valence-corrected chi connectivity index (χ0v) is 18.9. The lowest BCUT2D eigenvalue weighted by molar-refractivity contribution is 0.0985. The Kier molecular flexibility index (Phi) is 5.89. The maximum atomic E-state index is 13.5. The van der Waals surface area contributed by atoms with E-state index >= 15 is 0 Å². The number of aromatic nitrogens is 1. The van der Waals surface area contributed by atoms with Gasteiger partial charge in [-0.2, -0.15) is 0 Å². The first kappa shape index (κ1) is 21.2. The summed E-state index contributed by atoms with van der Waals surface area (Å²) in [5.41, 5.74) is 3.46. The lowest BCUT2D eigenvalue weighted by Crippen LogP contribution is -2.30. The van der Waals surface area contributed by atoms with Crippen molar-refractivity contribution in [1.82, 2.24) is 4.98 Å². The van der Waals surface area contributed by atoms with Gasteiger partial charge in [0.25, 0.3) is 5.91 Å². The van der Waals surface area contributed by atoms with E-state index in [0.29, 0.717) is 17.2 Å². The molecule has 3 aromatic carbocycles. The molecule has 31 heavy (non-hydrogen) atoms. The van der Waals surface area contributed by atoms with E-state index in [-0.39, 0.29) is 10.8 Å². The molecule has 0 saturated carbocycles. The molecule has 0 saturated heterocycles. The first-order valence-electron chi connectivity index (χ1n) is 9.91. The second-order valence-corrected chi connectivity index (χ2v) is 10.3. The third-order valence-electron chi connectivity index (χ3n) is 5.06. The Balaban J connectivity index is 1.77. The second kappa shape index (κ2) is 8.61. The number of amides is 1. The van der Waals surface area contributed by atoms with Crippen LogP contribution in [0.2, 0.25) is 0 Å². The van der Waals surface area contributed by atoms with Crippen LogP contribution in [0.15, 0.2) is 77.7 Å². The highest BCUT2D eigenvalue weighted by atomic mass is 32.2. The van der Waals surface area contributed by atoms with E-state index in [9.17, 15) is 13.2 Å². The summed E-state index contributed by atoms with van der Waals surface area (Å²) in [6, 6.07) is 21.9. The van der Waals surface area contributed by atoms with Gasteiger partial charge < -0.3 is 0 Å². The fourth-order valence-electron chi connectivity index (χ4n) is 3.39. The van der Waals surface area contributed by atoms with Crippen LogP contribution in [-0.4, -0.2) is 25.6 Å². The molecule has 0 atom stereocenters. The van der Waals surface area contributed by atoms with E-state index < -0.39 is 9.84 Å². The van der Waals surface area contributed by atoms with Gasteiger partial charge >= 0.3 is 0 Å². The van der Waals surface area contributed by atoms with Crippen LogP contribution in [0, 0.1) is 0 Å². The monoisotopic (exact) mass is 450 g/mol. The minimum atomic E-state index is -3.33. The quantitative estimate of drug-likeness (QED) is 0.409. The number of hydrogen-bond acceptors (Lipinski definition) is 5. The van der Waals surface area contributed by atoms with Crippen LogP contribution in [0.25, 0.3) is 10.2 Å². The van der Waals surface area contributed by atoms with Gasteiger partial charge in [0.1, 0.15) is 0 Å². The second-order valence-electron chi connectivity index (χ2n) is 7.29. The van der Waals surface area contributed by atoms with Gasteiger partial charge in [-0.3, -0.25) is 9.69 Å². The smallest absolute Gasteiger partial charge is 0.260 e. The average molecular weight is 451 g/mol. The van der Waals surface area contributed by atoms with Gasteiger partial charge in [0.2, 0.25) is 0 Å². The first-order valence-corrected chi connectivity index (χ1v) is 12.6. The Morgan fingerprint density at radius 3 is 2.32 bits per heavy atom. The van der Waals surface area contributed by atoms with Crippen LogP contribution in [0.4, 0.5) is 5.13 Å². The van der Waals surface area contributed by atoms with Gasteiger partial charge in [0, 0.05) is 11.8 Å². The van der Waals surface area contributed by atoms with Gasteiger partial charge in [-0.1, -0.05) is 60.7 Å². The third-order valence-corrected chi connectivity index (χ3v) is 7.23. The van der Waals surface area contributed by atoms with E-state index in [2.05, 4.69) is 13.0 Å². The van der Waals surface area contributed by atoms with Crippen LogP contribution < -0.4 is 4.90 Å². The molecule has 158 valence electrons. The van der Waals surface area contributed by atoms with Crippen molar-refractivity contribution in [3.8, 4) is 0 Å². The molecule has 5 nitrogen and oxygen atoms in total. The van der Waals surface area contributed by atoms with Gasteiger partial charge in [-0.25, -0.2) is 13.4 Å². The van der Waals surface area contributed by atoms with Gasteiger partial charge in [0.15, 0.2) is 15.0 Å². The number of para-hydroxylation sites is 1. The summed E-state index contributed by atoms with van der Waals surface area (Å²) in [5, 5.41) is 0.622. The molecule has 4 rings (SSSR count). The number of fused-ring (bicyclic) bond motifs is 1. The van der Waals surface area contributed by atoms with Crippen LogP contribution in [-0.2, 0) is 22.8 Å². The molecular weight excluding hydrogens is 428 g/mol. The molecule has 0 spiro atoms. The molecule has 0 radical (unpaired) electrons. The zero-order valence-electron chi connectivity index (χ0n) is 17.3. The number of benzene rings is 3. The number of carbonyl (C=O) groups is 1. The van der Waals surface area contributed by atoms with Crippen molar-refractivity contribution in [3.05, 3.63) is 89.5 Å². The van der Waals surface area contributed by atoms with Gasteiger partial charge in [0.05, 0.1) is 21.7 Å². The number of hydrogen-bond donors (Lipinski definition) is 0. The predicted octanol–water partition coefficient (Wildman–Crippen LogP) is 5.11. The van der Waals surface area contributed by atoms with Crippen molar-refractivity contribution in [2.24, 2.45) is 0 Å². The molecule has 0 bridgehead atoms. The summed E-state index contributed by atoms with van der Waals surface area (Å²) in [5.74, 6) is -0.221. The number of aryl methyl sites for hydroxylation is 1. The lowest BCUT2D eigenvalue weighted by Gasteiger charge is -2.20. The van der Waals surface area contributed by atoms with E-state index in [1.54, 1.807) is 17.0 Å². The summed E-state index contributed by atoms with van der Waals surface area (Å²) < 4.78 is 24.6. The van der Waals surface area contributed by atoms with E-state index in [1.807, 2.05) is 42.5 Å². The molecule has 0 aliphatic rings. The Morgan fingerprint density at radius 2 is 1.68 bits per heavy atom. The van der Waals surface area contributed by atoms with Crippen molar-refractivity contribution in [1.29, 1.82) is 0 Å². The molecule has 0 aliphatic carbocycles. The van der Waals surface area contributed by atoms with Gasteiger partial charge in [-0.05, 0) is 47.9 Å². The van der Waals surface area contributed by atoms with E-state index in [1.165, 1.54) is 23.5 Å². The molecule has 0 fully saturated rings. The molecular formula is C24H22N2O3S2. The molecule has 4 aromatic rings. The lowest BCUT2D eigenvalue weighted by atomic mass is 10.1. The van der Waals surface area contributed by atoms with Crippen molar-refractivity contribution in [2.45, 2.75) is 24.8 Å². The van der Waals surface area contributed by atoms with Crippen LogP contribution in [0.5, 0.6) is 0 Å². The fourth-order valence-corrected chi connectivity index (χ4v) is 5.03. The molecule has 0 aliphatic heterocycles. The summed E-state index contributed by atoms with van der Waals surface area (Å²) in [4.78, 5) is 20.1. The zero-order chi connectivity index (χ0) is 22.0. The normalized spacial score (nSPS) is 11.5. The van der Waals surface area contributed by atoms with Crippen molar-refractivity contribution < 1.29 is 13.2 Å². The highest BCUT2D eigenvalue weighted by Gasteiger charge is 2.23. The molecule has 1 aromatic heterocycles. The molecule has 0 unspecified atom stereocenters. The Labute approximate surface area is 185 Å². The van der Waals surface area contributed by atoms with E-state index in [4.69, 9.17) is 4.98 Å². The number of thiazole rings is 1. The highest BCUT2D eigenvalue weighted by Crippen LogP contribution is 2.33. The standard InChI is InChI=1S/C24H22N2O3S2/c1-3-18-10-7-11-21-22(18)25-24(30-21)26(16-17-8-5-4-6-9-17)23(27)19-12-14-20(15-13-19)31(2,28)29/h4-15H,3,16H2,1-2H3. The van der Waals surface area contributed by atoms with Crippen LogP contribution in [0.3, 0.4) is 0 Å². The molecule has 0 N–H and O–H groups in total. The first-order chi connectivity index (χ1) is 14.9.